The molecule has 1 aromatic heterocycles. The highest BCUT2D eigenvalue weighted by atomic mass is 15.1. The van der Waals surface area contributed by atoms with E-state index in [1.807, 2.05) is 6.20 Å². The van der Waals surface area contributed by atoms with Gasteiger partial charge in [-0.25, -0.2) is 4.98 Å². The quantitative estimate of drug-likeness (QED) is 0.704. The van der Waals surface area contributed by atoms with Crippen molar-refractivity contribution < 1.29 is 0 Å². The van der Waals surface area contributed by atoms with E-state index < -0.39 is 0 Å². The Labute approximate surface area is 87.4 Å². The first-order chi connectivity index (χ1) is 6.69. The summed E-state index contributed by atoms with van der Waals surface area (Å²) in [5.41, 5.74) is 1.38. The molecule has 0 aliphatic carbocycles. The minimum Gasteiger partial charge on any atom is -0.335 e. The number of hydrogen-bond donors (Lipinski definition) is 0. The number of aryl methyl sites for hydroxylation is 1. The summed E-state index contributed by atoms with van der Waals surface area (Å²) in [6, 6.07) is 0. The van der Waals surface area contributed by atoms with Gasteiger partial charge in [0.1, 0.15) is 5.82 Å². The molecule has 1 rings (SSSR count). The van der Waals surface area contributed by atoms with Gasteiger partial charge in [0.25, 0.3) is 0 Å². The molecule has 0 amide bonds. The van der Waals surface area contributed by atoms with E-state index in [0.29, 0.717) is 0 Å². The summed E-state index contributed by atoms with van der Waals surface area (Å²) < 4.78 is 2.24. The molecular formula is C12H22N2. The van der Waals surface area contributed by atoms with Crippen LogP contribution in [0.15, 0.2) is 6.20 Å². The fourth-order valence-electron chi connectivity index (χ4n) is 1.96. The Balaban J connectivity index is 2.62. The van der Waals surface area contributed by atoms with Crippen LogP contribution in [0.2, 0.25) is 0 Å². The van der Waals surface area contributed by atoms with Crippen molar-refractivity contribution >= 4 is 0 Å². The zero-order valence-corrected chi connectivity index (χ0v) is 9.88. The van der Waals surface area contributed by atoms with Crippen molar-refractivity contribution in [3.63, 3.8) is 0 Å². The first-order valence-corrected chi connectivity index (χ1v) is 5.68. The molecule has 1 heterocycles. The topological polar surface area (TPSA) is 17.8 Å². The van der Waals surface area contributed by atoms with Crippen molar-refractivity contribution in [3.05, 3.63) is 17.7 Å². The standard InChI is InChI=1S/C12H22N2/c1-5-7-10(3)8-11-9-13-12(6-2)14(11)4/h9-10H,5-8H2,1-4H3. The van der Waals surface area contributed by atoms with Gasteiger partial charge in [0.15, 0.2) is 0 Å². The molecule has 0 aromatic carbocycles. The largest absolute Gasteiger partial charge is 0.335 e. The van der Waals surface area contributed by atoms with Gasteiger partial charge in [0, 0.05) is 25.4 Å². The minimum absolute atomic E-state index is 0.778. The second kappa shape index (κ2) is 5.18. The number of rotatable bonds is 5. The van der Waals surface area contributed by atoms with Crippen LogP contribution >= 0.6 is 0 Å². The zero-order valence-electron chi connectivity index (χ0n) is 9.88. The number of imidazole rings is 1. The molecule has 0 spiro atoms. The van der Waals surface area contributed by atoms with Gasteiger partial charge in [-0.3, -0.25) is 0 Å². The second-order valence-corrected chi connectivity index (χ2v) is 4.18. The lowest BCUT2D eigenvalue weighted by Gasteiger charge is -2.10. The lowest BCUT2D eigenvalue weighted by molar-refractivity contribution is 0.507. The molecule has 0 aliphatic rings. The van der Waals surface area contributed by atoms with Gasteiger partial charge in [0.2, 0.25) is 0 Å². The Morgan fingerprint density at radius 2 is 2.14 bits per heavy atom. The normalized spacial score (nSPS) is 13.1. The van der Waals surface area contributed by atoms with Crippen LogP contribution in [0.5, 0.6) is 0 Å². The predicted octanol–water partition coefficient (Wildman–Crippen LogP) is 2.96. The van der Waals surface area contributed by atoms with Gasteiger partial charge in [0.05, 0.1) is 0 Å². The molecule has 0 fully saturated rings. The highest BCUT2D eigenvalue weighted by Crippen LogP contribution is 2.14. The molecule has 1 aromatic rings. The first kappa shape index (κ1) is 11.3. The Morgan fingerprint density at radius 1 is 1.43 bits per heavy atom. The summed E-state index contributed by atoms with van der Waals surface area (Å²) >= 11 is 0. The average Bonchev–Trinajstić information content (AvgIpc) is 2.48. The Hall–Kier alpha value is -0.790. The first-order valence-electron chi connectivity index (χ1n) is 5.68. The van der Waals surface area contributed by atoms with Crippen molar-refractivity contribution in [2.45, 2.75) is 46.5 Å². The van der Waals surface area contributed by atoms with E-state index in [-0.39, 0.29) is 0 Å². The summed E-state index contributed by atoms with van der Waals surface area (Å²) in [5, 5.41) is 0. The van der Waals surface area contributed by atoms with E-state index in [1.54, 1.807) is 0 Å². The molecule has 1 atom stereocenters. The van der Waals surface area contributed by atoms with Gasteiger partial charge in [-0.1, -0.05) is 33.6 Å². The van der Waals surface area contributed by atoms with Gasteiger partial charge >= 0.3 is 0 Å². The SMILES string of the molecule is CCCC(C)Cc1cnc(CC)n1C. The van der Waals surface area contributed by atoms with E-state index >= 15 is 0 Å². The highest BCUT2D eigenvalue weighted by Gasteiger charge is 2.08. The fourth-order valence-corrected chi connectivity index (χ4v) is 1.96. The van der Waals surface area contributed by atoms with Crippen molar-refractivity contribution in [3.8, 4) is 0 Å². The van der Waals surface area contributed by atoms with Crippen molar-refractivity contribution in [1.29, 1.82) is 0 Å². The third kappa shape index (κ3) is 2.60. The fraction of sp³-hybridized carbons (Fsp3) is 0.750. The van der Waals surface area contributed by atoms with Gasteiger partial charge in [-0.2, -0.15) is 0 Å². The molecule has 0 saturated carbocycles. The van der Waals surface area contributed by atoms with E-state index in [2.05, 4.69) is 37.4 Å². The monoisotopic (exact) mass is 194 g/mol. The third-order valence-corrected chi connectivity index (χ3v) is 2.84. The summed E-state index contributed by atoms with van der Waals surface area (Å²) in [6.45, 7) is 6.72. The highest BCUT2D eigenvalue weighted by molar-refractivity contribution is 5.05. The molecule has 1 unspecified atom stereocenters. The van der Waals surface area contributed by atoms with E-state index in [4.69, 9.17) is 0 Å². The van der Waals surface area contributed by atoms with Crippen LogP contribution in [0, 0.1) is 5.92 Å². The maximum atomic E-state index is 4.41. The summed E-state index contributed by atoms with van der Waals surface area (Å²) in [5.74, 6) is 1.98. The maximum Gasteiger partial charge on any atom is 0.108 e. The number of hydrogen-bond acceptors (Lipinski definition) is 1. The molecule has 0 radical (unpaired) electrons. The lowest BCUT2D eigenvalue weighted by atomic mass is 10.0. The number of nitrogens with zero attached hydrogens (tertiary/aromatic N) is 2. The molecule has 2 heteroatoms. The van der Waals surface area contributed by atoms with Crippen molar-refractivity contribution in [2.24, 2.45) is 13.0 Å². The summed E-state index contributed by atoms with van der Waals surface area (Å²) in [4.78, 5) is 4.41. The molecule has 80 valence electrons. The second-order valence-electron chi connectivity index (χ2n) is 4.18. The summed E-state index contributed by atoms with van der Waals surface area (Å²) in [6.07, 6.45) is 6.81. The molecule has 0 N–H and O–H groups in total. The van der Waals surface area contributed by atoms with Crippen LogP contribution in [0.4, 0.5) is 0 Å². The Morgan fingerprint density at radius 3 is 2.64 bits per heavy atom. The molecule has 2 nitrogen and oxygen atoms in total. The van der Waals surface area contributed by atoms with E-state index in [9.17, 15) is 0 Å². The Kier molecular flexibility index (Phi) is 4.18. The zero-order chi connectivity index (χ0) is 10.6. The van der Waals surface area contributed by atoms with Crippen LogP contribution in [-0.4, -0.2) is 9.55 Å². The van der Waals surface area contributed by atoms with Gasteiger partial charge < -0.3 is 4.57 Å². The number of aromatic nitrogens is 2. The van der Waals surface area contributed by atoms with Crippen LogP contribution in [0.3, 0.4) is 0 Å². The van der Waals surface area contributed by atoms with Crippen LogP contribution in [0.25, 0.3) is 0 Å². The molecule has 0 bridgehead atoms. The summed E-state index contributed by atoms with van der Waals surface area (Å²) in [7, 11) is 2.12. The minimum atomic E-state index is 0.778. The molecular weight excluding hydrogens is 172 g/mol. The molecule has 0 saturated heterocycles. The Bertz CT molecular complexity index is 276. The molecule has 14 heavy (non-hydrogen) atoms. The lowest BCUT2D eigenvalue weighted by Crippen LogP contribution is -2.06. The van der Waals surface area contributed by atoms with Crippen LogP contribution < -0.4 is 0 Å². The van der Waals surface area contributed by atoms with Crippen LogP contribution in [-0.2, 0) is 19.9 Å². The third-order valence-electron chi connectivity index (χ3n) is 2.84. The van der Waals surface area contributed by atoms with Crippen LogP contribution in [0.1, 0.15) is 45.1 Å². The van der Waals surface area contributed by atoms with Gasteiger partial charge in [-0.15, -0.1) is 0 Å². The van der Waals surface area contributed by atoms with Crippen molar-refractivity contribution in [1.82, 2.24) is 9.55 Å². The van der Waals surface area contributed by atoms with Gasteiger partial charge in [-0.05, 0) is 12.3 Å². The molecule has 0 aliphatic heterocycles. The maximum absolute atomic E-state index is 4.41. The average molecular weight is 194 g/mol. The predicted molar refractivity (Wildman–Crippen MR) is 60.4 cm³/mol. The smallest absolute Gasteiger partial charge is 0.108 e. The van der Waals surface area contributed by atoms with Crippen molar-refractivity contribution in [2.75, 3.05) is 0 Å². The van der Waals surface area contributed by atoms with E-state index in [1.165, 1.54) is 24.4 Å². The van der Waals surface area contributed by atoms with E-state index in [0.717, 1.165) is 18.8 Å².